The van der Waals surface area contributed by atoms with E-state index < -0.39 is 0 Å². The van der Waals surface area contributed by atoms with Gasteiger partial charge < -0.3 is 4.74 Å². The van der Waals surface area contributed by atoms with E-state index in [0.29, 0.717) is 37.6 Å². The molecule has 0 saturated carbocycles. The van der Waals surface area contributed by atoms with E-state index in [2.05, 4.69) is 28.1 Å². The van der Waals surface area contributed by atoms with Crippen molar-refractivity contribution in [2.75, 3.05) is 7.11 Å². The molecule has 3 aromatic carbocycles. The third kappa shape index (κ3) is 4.41. The highest BCUT2D eigenvalue weighted by Gasteiger charge is 2.21. The first-order valence-electron chi connectivity index (χ1n) is 10.4. The van der Waals surface area contributed by atoms with Crippen LogP contribution in [-0.2, 0) is 5.75 Å². The molecular weight excluding hydrogens is 552 g/mol. The van der Waals surface area contributed by atoms with Crippen LogP contribution in [0.3, 0.4) is 0 Å². The highest BCUT2D eigenvalue weighted by atomic mass is 79.9. The maximum atomic E-state index is 14.1. The number of para-hydroxylation sites is 2. The second kappa shape index (κ2) is 9.96. The van der Waals surface area contributed by atoms with Crippen molar-refractivity contribution in [2.24, 2.45) is 0 Å². The number of thioether (sulfide) groups is 1. The van der Waals surface area contributed by atoms with Crippen LogP contribution in [0.2, 0.25) is 5.02 Å². The molecule has 0 amide bonds. The average molecular weight is 570 g/mol. The number of hydrogen-bond donors (Lipinski definition) is 0. The van der Waals surface area contributed by atoms with Crippen molar-refractivity contribution in [3.63, 3.8) is 0 Å². The summed E-state index contributed by atoms with van der Waals surface area (Å²) in [5, 5.41) is 3.71. The Morgan fingerprint density at radius 3 is 2.53 bits per heavy atom. The minimum Gasteiger partial charge on any atom is -0.495 e. The standard InChI is InChI=1S/C26H18BrClN2O2S2/c1-32-22-9-5-4-8-21(22)30-25(31)23-19(18-6-2-3-7-20(18)28)15-33-24(23)29-26(30)34-14-16-10-12-17(27)13-11-16/h2-13,15H,14H2,1H3. The van der Waals surface area contributed by atoms with Gasteiger partial charge in [0, 0.05) is 31.8 Å². The van der Waals surface area contributed by atoms with Crippen molar-refractivity contribution in [2.45, 2.75) is 10.9 Å². The van der Waals surface area contributed by atoms with E-state index in [9.17, 15) is 4.79 Å². The van der Waals surface area contributed by atoms with Crippen LogP contribution in [0.4, 0.5) is 0 Å². The van der Waals surface area contributed by atoms with Crippen LogP contribution in [0.25, 0.3) is 27.0 Å². The Morgan fingerprint density at radius 2 is 1.76 bits per heavy atom. The molecule has 34 heavy (non-hydrogen) atoms. The van der Waals surface area contributed by atoms with E-state index in [0.717, 1.165) is 21.2 Å². The second-order valence-corrected chi connectivity index (χ2v) is 10.6. The van der Waals surface area contributed by atoms with E-state index >= 15 is 0 Å². The lowest BCUT2D eigenvalue weighted by atomic mass is 10.1. The highest BCUT2D eigenvalue weighted by Crippen LogP contribution is 2.37. The fourth-order valence-electron chi connectivity index (χ4n) is 3.70. The molecule has 0 aliphatic carbocycles. The van der Waals surface area contributed by atoms with Gasteiger partial charge in [-0.3, -0.25) is 9.36 Å². The summed E-state index contributed by atoms with van der Waals surface area (Å²) >= 11 is 12.9. The van der Waals surface area contributed by atoms with Gasteiger partial charge in [0.25, 0.3) is 5.56 Å². The van der Waals surface area contributed by atoms with Crippen molar-refractivity contribution in [3.8, 4) is 22.6 Å². The number of ether oxygens (including phenoxy) is 1. The van der Waals surface area contributed by atoms with Gasteiger partial charge in [-0.25, -0.2) is 4.98 Å². The van der Waals surface area contributed by atoms with Gasteiger partial charge in [-0.1, -0.05) is 81.8 Å². The first kappa shape index (κ1) is 23.2. The first-order valence-corrected chi connectivity index (χ1v) is 13.4. The Labute approximate surface area is 218 Å². The maximum Gasteiger partial charge on any atom is 0.268 e. The van der Waals surface area contributed by atoms with Crippen LogP contribution in [0.1, 0.15) is 5.56 Å². The minimum absolute atomic E-state index is 0.149. The monoisotopic (exact) mass is 568 g/mol. The molecule has 5 rings (SSSR count). The van der Waals surface area contributed by atoms with E-state index in [1.807, 2.05) is 66.0 Å². The van der Waals surface area contributed by atoms with Crippen LogP contribution < -0.4 is 10.3 Å². The lowest BCUT2D eigenvalue weighted by Gasteiger charge is -2.15. The zero-order chi connectivity index (χ0) is 23.7. The Morgan fingerprint density at radius 1 is 1.03 bits per heavy atom. The highest BCUT2D eigenvalue weighted by molar-refractivity contribution is 9.10. The lowest BCUT2D eigenvalue weighted by Crippen LogP contribution is -2.22. The molecule has 0 radical (unpaired) electrons. The van der Waals surface area contributed by atoms with Gasteiger partial charge in [0.15, 0.2) is 5.16 Å². The zero-order valence-corrected chi connectivity index (χ0v) is 22.0. The maximum absolute atomic E-state index is 14.1. The summed E-state index contributed by atoms with van der Waals surface area (Å²) in [5.41, 5.74) is 3.24. The molecule has 0 aliphatic heterocycles. The molecule has 0 fully saturated rings. The number of methoxy groups -OCH3 is 1. The number of halogens is 2. The smallest absolute Gasteiger partial charge is 0.268 e. The number of aromatic nitrogens is 2. The van der Waals surface area contributed by atoms with Gasteiger partial charge >= 0.3 is 0 Å². The second-order valence-electron chi connectivity index (χ2n) is 7.43. The van der Waals surface area contributed by atoms with Crippen LogP contribution in [0.5, 0.6) is 5.75 Å². The quantitative estimate of drug-likeness (QED) is 0.154. The minimum atomic E-state index is -0.149. The first-order chi connectivity index (χ1) is 16.6. The van der Waals surface area contributed by atoms with Crippen LogP contribution >= 0.6 is 50.6 Å². The van der Waals surface area contributed by atoms with Crippen molar-refractivity contribution in [1.82, 2.24) is 9.55 Å². The Bertz CT molecular complexity index is 1550. The molecule has 4 nitrogen and oxygen atoms in total. The van der Waals surface area contributed by atoms with E-state index in [-0.39, 0.29) is 5.56 Å². The molecule has 0 aliphatic rings. The van der Waals surface area contributed by atoms with Crippen molar-refractivity contribution >= 4 is 60.8 Å². The number of rotatable bonds is 6. The molecule has 5 aromatic rings. The van der Waals surface area contributed by atoms with Crippen molar-refractivity contribution in [3.05, 3.63) is 104 Å². The van der Waals surface area contributed by atoms with Crippen LogP contribution in [-0.4, -0.2) is 16.7 Å². The van der Waals surface area contributed by atoms with Crippen LogP contribution in [0.15, 0.2) is 92.6 Å². The molecule has 2 heterocycles. The van der Waals surface area contributed by atoms with Crippen molar-refractivity contribution in [1.29, 1.82) is 0 Å². The molecule has 8 heteroatoms. The third-order valence-corrected chi connectivity index (χ3v) is 8.09. The molecule has 0 spiro atoms. The van der Waals surface area contributed by atoms with E-state index in [4.69, 9.17) is 21.3 Å². The number of nitrogens with zero attached hydrogens (tertiary/aromatic N) is 2. The predicted octanol–water partition coefficient (Wildman–Crippen LogP) is 7.83. The molecule has 0 atom stereocenters. The van der Waals surface area contributed by atoms with Gasteiger partial charge in [0.1, 0.15) is 10.6 Å². The summed E-state index contributed by atoms with van der Waals surface area (Å²) in [7, 11) is 1.60. The number of thiophene rings is 1. The van der Waals surface area contributed by atoms with E-state index in [1.54, 1.807) is 11.7 Å². The summed E-state index contributed by atoms with van der Waals surface area (Å²) in [5.74, 6) is 1.27. The summed E-state index contributed by atoms with van der Waals surface area (Å²) in [4.78, 5) is 19.7. The molecule has 2 aromatic heterocycles. The Hall–Kier alpha value is -2.58. The van der Waals surface area contributed by atoms with E-state index in [1.165, 1.54) is 23.1 Å². The predicted molar refractivity (Wildman–Crippen MR) is 146 cm³/mol. The molecule has 0 saturated heterocycles. The summed E-state index contributed by atoms with van der Waals surface area (Å²) in [6.07, 6.45) is 0. The van der Waals surface area contributed by atoms with Crippen LogP contribution in [0, 0.1) is 0 Å². The van der Waals surface area contributed by atoms with Gasteiger partial charge in [-0.2, -0.15) is 0 Å². The fourth-order valence-corrected chi connectivity index (χ4v) is 6.14. The normalized spacial score (nSPS) is 11.1. The third-order valence-electron chi connectivity index (χ3n) is 5.35. The topological polar surface area (TPSA) is 44.1 Å². The molecule has 0 N–H and O–H groups in total. The Balaban J connectivity index is 1.71. The van der Waals surface area contributed by atoms with Crippen molar-refractivity contribution < 1.29 is 4.74 Å². The molecular formula is C26H18BrClN2O2S2. The molecule has 170 valence electrons. The number of fused-ring (bicyclic) bond motifs is 1. The van der Waals surface area contributed by atoms with Gasteiger partial charge in [-0.15, -0.1) is 11.3 Å². The molecule has 0 bridgehead atoms. The fraction of sp³-hybridized carbons (Fsp3) is 0.0769. The summed E-state index contributed by atoms with van der Waals surface area (Å²) in [6.45, 7) is 0. The number of benzene rings is 3. The number of hydrogen-bond acceptors (Lipinski definition) is 5. The largest absolute Gasteiger partial charge is 0.495 e. The lowest BCUT2D eigenvalue weighted by molar-refractivity contribution is 0.411. The average Bonchev–Trinajstić information content (AvgIpc) is 3.28. The van der Waals surface area contributed by atoms with Gasteiger partial charge in [0.05, 0.1) is 18.2 Å². The summed E-state index contributed by atoms with van der Waals surface area (Å²) in [6, 6.07) is 23.2. The Kier molecular flexibility index (Phi) is 6.79. The summed E-state index contributed by atoms with van der Waals surface area (Å²) < 4.78 is 8.27. The van der Waals surface area contributed by atoms with Gasteiger partial charge in [-0.05, 0) is 35.9 Å². The zero-order valence-electron chi connectivity index (χ0n) is 18.0. The molecule has 0 unspecified atom stereocenters. The SMILES string of the molecule is COc1ccccc1-n1c(SCc2ccc(Br)cc2)nc2scc(-c3ccccc3Cl)c2c1=O. The van der Waals surface area contributed by atoms with Gasteiger partial charge in [0.2, 0.25) is 0 Å².